The third-order valence-corrected chi connectivity index (χ3v) is 2.14. The molecule has 4 heteroatoms. The number of aromatic nitrogens is 2. The predicted molar refractivity (Wildman–Crippen MR) is 55.8 cm³/mol. The minimum absolute atomic E-state index is 0.336. The molecule has 2 rings (SSSR count). The normalized spacial score (nSPS) is 10.5. The van der Waals surface area contributed by atoms with Crippen molar-refractivity contribution in [1.82, 2.24) is 9.38 Å². The Morgan fingerprint density at radius 1 is 1.62 bits per heavy atom. The van der Waals surface area contributed by atoms with Crippen LogP contribution in [-0.2, 0) is 0 Å². The molecule has 2 aromatic heterocycles. The molecular formula is C9H9N3S. The molecule has 0 saturated heterocycles. The fourth-order valence-corrected chi connectivity index (χ4v) is 1.37. The third-order valence-electron chi connectivity index (χ3n) is 1.93. The Labute approximate surface area is 81.2 Å². The Bertz CT molecular complexity index is 473. The van der Waals surface area contributed by atoms with Gasteiger partial charge in [0.1, 0.15) is 16.3 Å². The molecular weight excluding hydrogens is 182 g/mol. The van der Waals surface area contributed by atoms with Gasteiger partial charge in [-0.2, -0.15) is 0 Å². The van der Waals surface area contributed by atoms with Gasteiger partial charge in [0.05, 0.1) is 0 Å². The van der Waals surface area contributed by atoms with Crippen LogP contribution >= 0.6 is 12.2 Å². The maximum Gasteiger partial charge on any atom is 0.140 e. The van der Waals surface area contributed by atoms with Crippen molar-refractivity contribution in [3.8, 4) is 0 Å². The lowest BCUT2D eigenvalue weighted by Gasteiger charge is -1.93. The van der Waals surface area contributed by atoms with Gasteiger partial charge < -0.3 is 10.1 Å². The Hall–Kier alpha value is -1.42. The number of hydrogen-bond acceptors (Lipinski definition) is 2. The SMILES string of the molecule is Cc1cccn2cc(C(N)=S)nc12. The van der Waals surface area contributed by atoms with Crippen molar-refractivity contribution in [2.45, 2.75) is 6.92 Å². The molecule has 0 bridgehead atoms. The topological polar surface area (TPSA) is 43.3 Å². The van der Waals surface area contributed by atoms with Crippen molar-refractivity contribution >= 4 is 22.9 Å². The highest BCUT2D eigenvalue weighted by Gasteiger charge is 2.04. The summed E-state index contributed by atoms with van der Waals surface area (Å²) in [6.07, 6.45) is 3.77. The summed E-state index contributed by atoms with van der Waals surface area (Å²) < 4.78 is 1.92. The largest absolute Gasteiger partial charge is 0.388 e. The van der Waals surface area contributed by atoms with Crippen molar-refractivity contribution in [3.05, 3.63) is 35.8 Å². The van der Waals surface area contributed by atoms with E-state index in [1.807, 2.05) is 35.9 Å². The monoisotopic (exact) mass is 191 g/mol. The summed E-state index contributed by atoms with van der Waals surface area (Å²) in [4.78, 5) is 4.64. The zero-order valence-corrected chi connectivity index (χ0v) is 8.01. The summed E-state index contributed by atoms with van der Waals surface area (Å²) in [6, 6.07) is 3.97. The molecule has 0 aliphatic rings. The van der Waals surface area contributed by atoms with E-state index in [0.717, 1.165) is 11.2 Å². The molecule has 0 atom stereocenters. The summed E-state index contributed by atoms with van der Waals surface area (Å²) in [7, 11) is 0. The molecule has 0 aromatic carbocycles. The van der Waals surface area contributed by atoms with Crippen LogP contribution in [0.15, 0.2) is 24.5 Å². The van der Waals surface area contributed by atoms with E-state index in [2.05, 4.69) is 4.98 Å². The number of thiocarbonyl (C=S) groups is 1. The second-order valence-corrected chi connectivity index (χ2v) is 3.35. The molecule has 2 aromatic rings. The van der Waals surface area contributed by atoms with Crippen LogP contribution in [0.25, 0.3) is 5.65 Å². The van der Waals surface area contributed by atoms with Crippen LogP contribution in [0.5, 0.6) is 0 Å². The van der Waals surface area contributed by atoms with Crippen LogP contribution in [0.2, 0.25) is 0 Å². The Morgan fingerprint density at radius 2 is 2.38 bits per heavy atom. The van der Waals surface area contributed by atoms with Crippen molar-refractivity contribution in [1.29, 1.82) is 0 Å². The van der Waals surface area contributed by atoms with E-state index in [0.29, 0.717) is 10.7 Å². The average Bonchev–Trinajstić information content (AvgIpc) is 2.49. The van der Waals surface area contributed by atoms with Crippen LogP contribution in [0.3, 0.4) is 0 Å². The maximum absolute atomic E-state index is 5.48. The van der Waals surface area contributed by atoms with E-state index >= 15 is 0 Å². The number of fused-ring (bicyclic) bond motifs is 1. The average molecular weight is 191 g/mol. The van der Waals surface area contributed by atoms with Crippen molar-refractivity contribution in [2.24, 2.45) is 5.73 Å². The van der Waals surface area contributed by atoms with E-state index < -0.39 is 0 Å². The van der Waals surface area contributed by atoms with E-state index in [1.54, 1.807) is 0 Å². The lowest BCUT2D eigenvalue weighted by molar-refractivity contribution is 1.16. The molecule has 3 nitrogen and oxygen atoms in total. The van der Waals surface area contributed by atoms with Crippen LogP contribution in [0.1, 0.15) is 11.3 Å². The lowest BCUT2D eigenvalue weighted by atomic mass is 10.3. The first-order valence-electron chi connectivity index (χ1n) is 3.92. The zero-order valence-electron chi connectivity index (χ0n) is 7.19. The zero-order chi connectivity index (χ0) is 9.42. The van der Waals surface area contributed by atoms with Crippen LogP contribution in [-0.4, -0.2) is 14.4 Å². The molecule has 0 spiro atoms. The molecule has 0 aliphatic heterocycles. The van der Waals surface area contributed by atoms with Crippen molar-refractivity contribution < 1.29 is 0 Å². The minimum Gasteiger partial charge on any atom is -0.388 e. The van der Waals surface area contributed by atoms with Gasteiger partial charge in [0.2, 0.25) is 0 Å². The summed E-state index contributed by atoms with van der Waals surface area (Å²) in [6.45, 7) is 2.01. The quantitative estimate of drug-likeness (QED) is 0.690. The highest BCUT2D eigenvalue weighted by atomic mass is 32.1. The highest BCUT2D eigenvalue weighted by Crippen LogP contribution is 2.09. The number of nitrogens with zero attached hydrogens (tertiary/aromatic N) is 2. The molecule has 0 saturated carbocycles. The fourth-order valence-electron chi connectivity index (χ4n) is 1.27. The number of pyridine rings is 1. The molecule has 66 valence electrons. The summed E-state index contributed by atoms with van der Waals surface area (Å²) in [5.41, 5.74) is 8.18. The molecule has 13 heavy (non-hydrogen) atoms. The third kappa shape index (κ3) is 1.29. The van der Waals surface area contributed by atoms with E-state index in [1.165, 1.54) is 0 Å². The molecule has 2 heterocycles. The van der Waals surface area contributed by atoms with Crippen molar-refractivity contribution in [3.63, 3.8) is 0 Å². The first-order chi connectivity index (χ1) is 6.18. The molecule has 0 radical (unpaired) electrons. The number of rotatable bonds is 1. The molecule has 0 unspecified atom stereocenters. The Morgan fingerprint density at radius 3 is 3.00 bits per heavy atom. The maximum atomic E-state index is 5.48. The van der Waals surface area contributed by atoms with E-state index in [4.69, 9.17) is 18.0 Å². The summed E-state index contributed by atoms with van der Waals surface area (Å²) in [5, 5.41) is 0. The fraction of sp³-hybridized carbons (Fsp3) is 0.111. The number of nitrogens with two attached hydrogens (primary N) is 1. The summed E-state index contributed by atoms with van der Waals surface area (Å²) >= 11 is 4.85. The number of aryl methyl sites for hydroxylation is 1. The van der Waals surface area contributed by atoms with Gasteiger partial charge in [-0.25, -0.2) is 4.98 Å². The second-order valence-electron chi connectivity index (χ2n) is 2.91. The van der Waals surface area contributed by atoms with Gasteiger partial charge in [-0.15, -0.1) is 0 Å². The smallest absolute Gasteiger partial charge is 0.140 e. The predicted octanol–water partition coefficient (Wildman–Crippen LogP) is 1.28. The van der Waals surface area contributed by atoms with Gasteiger partial charge >= 0.3 is 0 Å². The number of hydrogen-bond donors (Lipinski definition) is 1. The second kappa shape index (κ2) is 2.81. The first-order valence-corrected chi connectivity index (χ1v) is 4.33. The van der Waals surface area contributed by atoms with Gasteiger partial charge in [0.15, 0.2) is 0 Å². The van der Waals surface area contributed by atoms with E-state index in [-0.39, 0.29) is 0 Å². The van der Waals surface area contributed by atoms with Crippen molar-refractivity contribution in [2.75, 3.05) is 0 Å². The van der Waals surface area contributed by atoms with Crippen LogP contribution < -0.4 is 5.73 Å². The van der Waals surface area contributed by atoms with Gasteiger partial charge in [-0.1, -0.05) is 18.3 Å². The standard InChI is InChI=1S/C9H9N3S/c1-6-3-2-4-12-5-7(8(10)13)11-9(6)12/h2-5H,1H3,(H2,10,13). The van der Waals surface area contributed by atoms with Gasteiger partial charge in [-0.3, -0.25) is 0 Å². The summed E-state index contributed by atoms with van der Waals surface area (Å²) in [5.74, 6) is 0. The Kier molecular flexibility index (Phi) is 1.77. The van der Waals surface area contributed by atoms with Crippen LogP contribution in [0, 0.1) is 6.92 Å². The Balaban J connectivity index is 2.75. The molecule has 0 aliphatic carbocycles. The van der Waals surface area contributed by atoms with Crippen LogP contribution in [0.4, 0.5) is 0 Å². The molecule has 0 fully saturated rings. The molecule has 0 amide bonds. The van der Waals surface area contributed by atoms with Gasteiger partial charge in [0.25, 0.3) is 0 Å². The minimum atomic E-state index is 0.336. The number of imidazole rings is 1. The first kappa shape index (κ1) is 8.19. The lowest BCUT2D eigenvalue weighted by Crippen LogP contribution is -2.09. The van der Waals surface area contributed by atoms with Gasteiger partial charge in [0, 0.05) is 12.4 Å². The van der Waals surface area contributed by atoms with E-state index in [9.17, 15) is 0 Å². The highest BCUT2D eigenvalue weighted by molar-refractivity contribution is 7.80. The molecule has 2 N–H and O–H groups in total. The van der Waals surface area contributed by atoms with Gasteiger partial charge in [-0.05, 0) is 18.6 Å².